The molecule has 0 saturated heterocycles. The molecule has 80 valence electrons. The molecule has 0 aliphatic rings. The highest BCUT2D eigenvalue weighted by molar-refractivity contribution is 5.78. The maximum atomic E-state index is 11.6. The predicted octanol–water partition coefficient (Wildman–Crippen LogP) is 2.71. The van der Waals surface area contributed by atoms with Crippen molar-refractivity contribution in [2.24, 2.45) is 0 Å². The van der Waals surface area contributed by atoms with Crippen molar-refractivity contribution in [3.63, 3.8) is 0 Å². The predicted molar refractivity (Wildman–Crippen MR) is 63.0 cm³/mol. The Bertz CT molecular complexity index is 515. The number of para-hydroxylation sites is 1. The van der Waals surface area contributed by atoms with Gasteiger partial charge in [-0.25, -0.2) is 0 Å². The highest BCUT2D eigenvalue weighted by Crippen LogP contribution is 2.15. The molecule has 3 nitrogen and oxygen atoms in total. The van der Waals surface area contributed by atoms with E-state index in [4.69, 9.17) is 10.2 Å². The number of nitrogens with two attached hydrogens (primary N) is 1. The van der Waals surface area contributed by atoms with Gasteiger partial charge in [0.2, 0.25) is 0 Å². The van der Waals surface area contributed by atoms with E-state index in [1.165, 1.54) is 0 Å². The third-order valence-electron chi connectivity index (χ3n) is 2.06. The minimum atomic E-state index is -0.0562. The second-order valence-corrected chi connectivity index (χ2v) is 2.92. The molecule has 1 aromatic carbocycles. The van der Waals surface area contributed by atoms with Gasteiger partial charge in [-0.3, -0.25) is 4.79 Å². The third-order valence-corrected chi connectivity index (χ3v) is 2.06. The van der Waals surface area contributed by atoms with Crippen LogP contribution in [0, 0.1) is 6.92 Å². The second kappa shape index (κ2) is 4.64. The summed E-state index contributed by atoms with van der Waals surface area (Å²) in [4.78, 5) is 11.6. The summed E-state index contributed by atoms with van der Waals surface area (Å²) in [6, 6.07) is 7.06. The van der Waals surface area contributed by atoms with E-state index in [2.05, 4.69) is 0 Å². The van der Waals surface area contributed by atoms with E-state index in [0.717, 1.165) is 0 Å². The van der Waals surface area contributed by atoms with Crippen molar-refractivity contribution in [3.05, 3.63) is 40.1 Å². The molecular formula is C12H15NO2. The number of hydrogen-bond acceptors (Lipinski definition) is 3. The van der Waals surface area contributed by atoms with E-state index in [-0.39, 0.29) is 11.3 Å². The zero-order chi connectivity index (χ0) is 11.4. The summed E-state index contributed by atoms with van der Waals surface area (Å²) >= 11 is 0. The average molecular weight is 205 g/mol. The Morgan fingerprint density at radius 1 is 1.20 bits per heavy atom. The topological polar surface area (TPSA) is 56.2 Å². The van der Waals surface area contributed by atoms with Crippen molar-refractivity contribution >= 4 is 16.9 Å². The summed E-state index contributed by atoms with van der Waals surface area (Å²) in [5, 5.41) is 0.578. The summed E-state index contributed by atoms with van der Waals surface area (Å²) < 4.78 is 5.25. The molecule has 2 N–H and O–H groups in total. The molecule has 1 aromatic heterocycles. The first-order valence-corrected chi connectivity index (χ1v) is 4.98. The van der Waals surface area contributed by atoms with Gasteiger partial charge in [0.05, 0.1) is 10.9 Å². The summed E-state index contributed by atoms with van der Waals surface area (Å²) in [5.74, 6) is 0.198. The van der Waals surface area contributed by atoms with E-state index in [1.807, 2.05) is 13.8 Å². The molecule has 0 radical (unpaired) electrons. The quantitative estimate of drug-likeness (QED) is 0.719. The third kappa shape index (κ3) is 2.01. The van der Waals surface area contributed by atoms with Crippen LogP contribution in [0.2, 0.25) is 0 Å². The van der Waals surface area contributed by atoms with Crippen LogP contribution in [0.25, 0.3) is 11.0 Å². The fraction of sp³-hybridized carbons (Fsp3) is 0.250. The smallest absolute Gasteiger partial charge is 0.197 e. The normalized spacial score (nSPS) is 9.53. The Morgan fingerprint density at radius 3 is 2.47 bits per heavy atom. The number of anilines is 1. The molecule has 0 bridgehead atoms. The average Bonchev–Trinajstić information content (AvgIpc) is 2.29. The summed E-state index contributed by atoms with van der Waals surface area (Å²) in [7, 11) is 0. The van der Waals surface area contributed by atoms with Crippen molar-refractivity contribution in [2.75, 3.05) is 5.73 Å². The molecule has 3 heteroatoms. The van der Waals surface area contributed by atoms with Gasteiger partial charge in [-0.05, 0) is 19.1 Å². The Hall–Kier alpha value is -1.77. The van der Waals surface area contributed by atoms with Crippen LogP contribution < -0.4 is 11.2 Å². The van der Waals surface area contributed by atoms with Gasteiger partial charge < -0.3 is 10.2 Å². The molecule has 0 amide bonds. The molecule has 0 atom stereocenters. The Balaban J connectivity index is 0.000000531. The van der Waals surface area contributed by atoms with Crippen LogP contribution in [0.1, 0.15) is 19.4 Å². The standard InChI is InChI=1S/C10H9NO2.C2H6/c1-6-9(12)7-4-2-3-5-8(7)13-10(6)11;1-2/h2-5H,11H2,1H3;1-2H3. The molecule has 1 heterocycles. The van der Waals surface area contributed by atoms with Crippen LogP contribution in [0.15, 0.2) is 33.5 Å². The van der Waals surface area contributed by atoms with Crippen LogP contribution >= 0.6 is 0 Å². The fourth-order valence-electron chi connectivity index (χ4n) is 1.25. The number of nitrogen functional groups attached to an aromatic ring is 1. The monoisotopic (exact) mass is 205 g/mol. The summed E-state index contributed by atoms with van der Waals surface area (Å²) in [6.45, 7) is 5.66. The fourth-order valence-corrected chi connectivity index (χ4v) is 1.25. The lowest BCUT2D eigenvalue weighted by Crippen LogP contribution is -2.08. The molecule has 0 spiro atoms. The molecule has 0 aliphatic heterocycles. The Kier molecular flexibility index (Phi) is 3.50. The van der Waals surface area contributed by atoms with Crippen molar-refractivity contribution in [1.82, 2.24) is 0 Å². The first kappa shape index (κ1) is 11.3. The van der Waals surface area contributed by atoms with Gasteiger partial charge in [-0.1, -0.05) is 26.0 Å². The van der Waals surface area contributed by atoms with Crippen molar-refractivity contribution in [3.8, 4) is 0 Å². The molecule has 2 rings (SSSR count). The molecular weight excluding hydrogens is 190 g/mol. The zero-order valence-corrected chi connectivity index (χ0v) is 9.20. The molecule has 0 aliphatic carbocycles. The summed E-state index contributed by atoms with van der Waals surface area (Å²) in [5.41, 5.74) is 6.47. The van der Waals surface area contributed by atoms with E-state index < -0.39 is 0 Å². The molecule has 15 heavy (non-hydrogen) atoms. The van der Waals surface area contributed by atoms with Crippen LogP contribution in [-0.4, -0.2) is 0 Å². The van der Waals surface area contributed by atoms with Gasteiger partial charge in [0.1, 0.15) is 5.58 Å². The van der Waals surface area contributed by atoms with Gasteiger partial charge >= 0.3 is 0 Å². The number of rotatable bonds is 0. The van der Waals surface area contributed by atoms with E-state index >= 15 is 0 Å². The highest BCUT2D eigenvalue weighted by atomic mass is 16.3. The van der Waals surface area contributed by atoms with E-state index in [0.29, 0.717) is 16.5 Å². The van der Waals surface area contributed by atoms with Gasteiger partial charge in [0.25, 0.3) is 0 Å². The number of hydrogen-bond donors (Lipinski definition) is 1. The summed E-state index contributed by atoms with van der Waals surface area (Å²) in [6.07, 6.45) is 0. The minimum absolute atomic E-state index is 0.0562. The lowest BCUT2D eigenvalue weighted by atomic mass is 10.2. The minimum Gasteiger partial charge on any atom is -0.440 e. The molecule has 0 unspecified atom stereocenters. The van der Waals surface area contributed by atoms with E-state index in [9.17, 15) is 4.79 Å². The highest BCUT2D eigenvalue weighted by Gasteiger charge is 2.06. The van der Waals surface area contributed by atoms with Crippen LogP contribution in [-0.2, 0) is 0 Å². The number of benzene rings is 1. The maximum Gasteiger partial charge on any atom is 0.197 e. The van der Waals surface area contributed by atoms with Gasteiger partial charge in [-0.15, -0.1) is 0 Å². The first-order chi connectivity index (χ1) is 7.20. The van der Waals surface area contributed by atoms with Crippen molar-refractivity contribution in [2.45, 2.75) is 20.8 Å². The SMILES string of the molecule is CC.Cc1c(N)oc2ccccc2c1=O. The molecule has 0 fully saturated rings. The van der Waals surface area contributed by atoms with Crippen LogP contribution in [0.4, 0.5) is 5.88 Å². The molecule has 0 saturated carbocycles. The Morgan fingerprint density at radius 2 is 1.80 bits per heavy atom. The lowest BCUT2D eigenvalue weighted by Gasteiger charge is -2.00. The largest absolute Gasteiger partial charge is 0.440 e. The van der Waals surface area contributed by atoms with Crippen LogP contribution in [0.3, 0.4) is 0 Å². The second-order valence-electron chi connectivity index (χ2n) is 2.92. The zero-order valence-electron chi connectivity index (χ0n) is 9.20. The van der Waals surface area contributed by atoms with Gasteiger partial charge in [0.15, 0.2) is 11.3 Å². The van der Waals surface area contributed by atoms with Crippen LogP contribution in [0.5, 0.6) is 0 Å². The lowest BCUT2D eigenvalue weighted by molar-refractivity contribution is 0.620. The first-order valence-electron chi connectivity index (χ1n) is 4.98. The Labute approximate surface area is 88.5 Å². The van der Waals surface area contributed by atoms with E-state index in [1.54, 1.807) is 31.2 Å². The van der Waals surface area contributed by atoms with Crippen molar-refractivity contribution in [1.29, 1.82) is 0 Å². The van der Waals surface area contributed by atoms with Gasteiger partial charge in [-0.2, -0.15) is 0 Å². The molecule has 2 aromatic rings. The van der Waals surface area contributed by atoms with Crippen molar-refractivity contribution < 1.29 is 4.42 Å². The van der Waals surface area contributed by atoms with Gasteiger partial charge in [0, 0.05) is 0 Å². The maximum absolute atomic E-state index is 11.6. The number of fused-ring (bicyclic) bond motifs is 1.